The van der Waals surface area contributed by atoms with E-state index in [0.717, 1.165) is 20.8 Å². The zero-order valence-electron chi connectivity index (χ0n) is 10.4. The number of ketones is 3. The molecule has 19 heavy (non-hydrogen) atoms. The molecule has 0 saturated heterocycles. The summed E-state index contributed by atoms with van der Waals surface area (Å²) in [5.74, 6) is -6.61. The first kappa shape index (κ1) is 26.2. The van der Waals surface area contributed by atoms with Crippen molar-refractivity contribution >= 4 is 35.3 Å². The Labute approximate surface area is 132 Å². The van der Waals surface area contributed by atoms with E-state index in [-0.39, 0.29) is 32.7 Å². The van der Waals surface area contributed by atoms with Gasteiger partial charge in [0.2, 0.25) is 17.3 Å². The summed E-state index contributed by atoms with van der Waals surface area (Å²) >= 11 is 0. The molecule has 0 aliphatic rings. The first-order valence-electron chi connectivity index (χ1n) is 4.15. The van der Waals surface area contributed by atoms with E-state index in [0.29, 0.717) is 0 Å². The smallest absolute Gasteiger partial charge is 0.371 e. The summed E-state index contributed by atoms with van der Waals surface area (Å²) in [6.45, 7) is 3.01. The SMILES string of the molecule is CC(=O)C(=O)O.CC(=O)C(=O)O.CC(=O)C(=O)O.[Y]. The minimum atomic E-state index is -1.38. The van der Waals surface area contributed by atoms with Gasteiger partial charge in [0.25, 0.3) is 0 Å². The molecule has 3 N–H and O–H groups in total. The van der Waals surface area contributed by atoms with Crippen molar-refractivity contribution in [1.82, 2.24) is 0 Å². The Morgan fingerprint density at radius 1 is 0.526 bits per heavy atom. The first-order valence-corrected chi connectivity index (χ1v) is 4.15. The Morgan fingerprint density at radius 2 is 0.579 bits per heavy atom. The first-order chi connectivity index (χ1) is 7.93. The van der Waals surface area contributed by atoms with Gasteiger partial charge in [0.05, 0.1) is 0 Å². The number of carbonyl (C=O) groups excluding carboxylic acids is 3. The number of carboxylic acid groups (broad SMARTS) is 3. The molecule has 1 radical (unpaired) electrons. The third-order valence-electron chi connectivity index (χ3n) is 0.904. The Hall–Kier alpha value is -1.48. The van der Waals surface area contributed by atoms with Gasteiger partial charge in [-0.15, -0.1) is 0 Å². The maximum atomic E-state index is 9.54. The monoisotopic (exact) mass is 353 g/mol. The average molecular weight is 353 g/mol. The fourth-order valence-corrected chi connectivity index (χ4v) is 0. The molecule has 9 nitrogen and oxygen atoms in total. The van der Waals surface area contributed by atoms with Gasteiger partial charge in [0.15, 0.2) is 0 Å². The molecule has 0 aromatic rings. The van der Waals surface area contributed by atoms with Gasteiger partial charge < -0.3 is 15.3 Å². The normalized spacial score (nSPS) is 7.11. The third-order valence-corrected chi connectivity index (χ3v) is 0.904. The van der Waals surface area contributed by atoms with E-state index >= 15 is 0 Å². The van der Waals surface area contributed by atoms with Crippen LogP contribution in [0.3, 0.4) is 0 Å². The third kappa shape index (κ3) is 31.5. The van der Waals surface area contributed by atoms with E-state index in [1.54, 1.807) is 0 Å². The standard InChI is InChI=1S/3C3H4O3.Y/c3*1-2(4)3(5)6;/h3*1H3,(H,5,6);. The molecule has 0 atom stereocenters. The maximum Gasteiger partial charge on any atom is 0.371 e. The zero-order valence-corrected chi connectivity index (χ0v) is 13.2. The topological polar surface area (TPSA) is 163 Å². The molecule has 0 amide bonds. The molecular formula is C9H12O9Y. The number of carbonyl (C=O) groups is 6. The summed E-state index contributed by atoms with van der Waals surface area (Å²) in [6, 6.07) is 0. The van der Waals surface area contributed by atoms with E-state index in [2.05, 4.69) is 0 Å². The van der Waals surface area contributed by atoms with Crippen molar-refractivity contribution in [3.63, 3.8) is 0 Å². The molecule has 0 aromatic heterocycles. The quantitative estimate of drug-likeness (QED) is 0.539. The number of carboxylic acids is 3. The number of hydrogen-bond donors (Lipinski definition) is 3. The Kier molecular flexibility index (Phi) is 20.1. The van der Waals surface area contributed by atoms with Crippen molar-refractivity contribution in [2.45, 2.75) is 20.8 Å². The molecule has 0 spiro atoms. The minimum absolute atomic E-state index is 0. The Bertz CT molecular complexity index is 279. The van der Waals surface area contributed by atoms with E-state index in [4.69, 9.17) is 15.3 Å². The van der Waals surface area contributed by atoms with E-state index in [1.807, 2.05) is 0 Å². The van der Waals surface area contributed by atoms with Gasteiger partial charge in [-0.2, -0.15) is 0 Å². The molecule has 0 aliphatic carbocycles. The van der Waals surface area contributed by atoms with E-state index in [1.165, 1.54) is 0 Å². The molecule has 0 bridgehead atoms. The summed E-state index contributed by atoms with van der Waals surface area (Å²) in [7, 11) is 0. The van der Waals surface area contributed by atoms with Gasteiger partial charge in [-0.05, 0) is 0 Å². The molecule has 0 fully saturated rings. The van der Waals surface area contributed by atoms with Gasteiger partial charge in [-0.25, -0.2) is 14.4 Å². The second kappa shape index (κ2) is 14.6. The Balaban J connectivity index is -0.0000000865. The summed E-state index contributed by atoms with van der Waals surface area (Å²) in [4.78, 5) is 56.7. The van der Waals surface area contributed by atoms with Crippen LogP contribution in [-0.4, -0.2) is 50.6 Å². The Morgan fingerprint density at radius 3 is 0.579 bits per heavy atom. The predicted molar refractivity (Wildman–Crippen MR) is 55.0 cm³/mol. The van der Waals surface area contributed by atoms with Gasteiger partial charge in [0, 0.05) is 53.5 Å². The van der Waals surface area contributed by atoms with Crippen LogP contribution in [0.2, 0.25) is 0 Å². The van der Waals surface area contributed by atoms with Crippen molar-refractivity contribution in [3.05, 3.63) is 0 Å². The van der Waals surface area contributed by atoms with Gasteiger partial charge in [0.1, 0.15) is 0 Å². The number of hydrogen-bond acceptors (Lipinski definition) is 6. The van der Waals surface area contributed by atoms with Crippen LogP contribution in [0.15, 0.2) is 0 Å². The number of aliphatic carboxylic acids is 3. The molecule has 0 rings (SSSR count). The molecule has 0 aliphatic heterocycles. The molecule has 0 aromatic carbocycles. The van der Waals surface area contributed by atoms with Crippen LogP contribution in [0.25, 0.3) is 0 Å². The fraction of sp³-hybridized carbons (Fsp3) is 0.333. The molecule has 0 heterocycles. The average Bonchev–Trinajstić information content (AvgIpc) is 2.18. The zero-order chi connectivity index (χ0) is 15.5. The van der Waals surface area contributed by atoms with E-state index in [9.17, 15) is 28.8 Å². The van der Waals surface area contributed by atoms with Gasteiger partial charge in [-0.1, -0.05) is 0 Å². The second-order valence-electron chi connectivity index (χ2n) is 2.58. The summed E-state index contributed by atoms with van der Waals surface area (Å²) in [5, 5.41) is 22.9. The number of rotatable bonds is 3. The predicted octanol–water partition coefficient (Wildman–Crippen LogP) is -1.02. The second-order valence-corrected chi connectivity index (χ2v) is 2.58. The summed E-state index contributed by atoms with van der Waals surface area (Å²) < 4.78 is 0. The van der Waals surface area contributed by atoms with Crippen molar-refractivity contribution < 1.29 is 76.8 Å². The molecule has 0 unspecified atom stereocenters. The molecule has 0 saturated carbocycles. The van der Waals surface area contributed by atoms with Gasteiger partial charge in [-0.3, -0.25) is 14.4 Å². The van der Waals surface area contributed by atoms with Crippen LogP contribution in [-0.2, 0) is 61.5 Å². The van der Waals surface area contributed by atoms with Crippen LogP contribution in [0, 0.1) is 0 Å². The van der Waals surface area contributed by atoms with Crippen LogP contribution >= 0.6 is 0 Å². The molecule has 105 valence electrons. The van der Waals surface area contributed by atoms with Crippen molar-refractivity contribution in [2.24, 2.45) is 0 Å². The van der Waals surface area contributed by atoms with Gasteiger partial charge >= 0.3 is 17.9 Å². The van der Waals surface area contributed by atoms with Crippen LogP contribution in [0.5, 0.6) is 0 Å². The van der Waals surface area contributed by atoms with Crippen LogP contribution in [0.1, 0.15) is 20.8 Å². The van der Waals surface area contributed by atoms with E-state index < -0.39 is 35.3 Å². The number of Topliss-reactive ketones (excluding diaryl/α,β-unsaturated/α-hetero) is 3. The van der Waals surface area contributed by atoms with Crippen molar-refractivity contribution in [1.29, 1.82) is 0 Å². The summed E-state index contributed by atoms with van der Waals surface area (Å²) in [5.41, 5.74) is 0. The maximum absolute atomic E-state index is 9.54. The fourth-order valence-electron chi connectivity index (χ4n) is 0. The van der Waals surface area contributed by atoms with Crippen molar-refractivity contribution in [2.75, 3.05) is 0 Å². The van der Waals surface area contributed by atoms with Crippen LogP contribution < -0.4 is 0 Å². The van der Waals surface area contributed by atoms with Crippen molar-refractivity contribution in [3.8, 4) is 0 Å². The summed E-state index contributed by atoms with van der Waals surface area (Å²) in [6.07, 6.45) is 0. The largest absolute Gasteiger partial charge is 0.476 e. The minimum Gasteiger partial charge on any atom is -0.476 e. The van der Waals surface area contributed by atoms with Crippen LogP contribution in [0.4, 0.5) is 0 Å². The molecular weight excluding hydrogens is 341 g/mol. The molecule has 10 heteroatoms.